The molecule has 0 aromatic carbocycles. The van der Waals surface area contributed by atoms with E-state index in [-0.39, 0.29) is 9.76 Å². The molecule has 0 heterocycles. The maximum absolute atomic E-state index is 5.35. The first-order valence-corrected chi connectivity index (χ1v) is 12.8. The van der Waals surface area contributed by atoms with E-state index in [0.717, 1.165) is 10.5 Å². The first kappa shape index (κ1) is 22.4. The molecule has 0 fully saturated rings. The molecule has 0 atom stereocenters. The second-order valence-electron chi connectivity index (χ2n) is 7.00. The monoisotopic (exact) mass is 344 g/mol. The van der Waals surface area contributed by atoms with Crippen LogP contribution in [0.1, 0.15) is 116 Å². The lowest BCUT2D eigenvalue weighted by atomic mass is 10.0. The smallest absolute Gasteiger partial charge is 0.145 e. The van der Waals surface area contributed by atoms with E-state index in [4.69, 9.17) is 4.12 Å². The third-order valence-electron chi connectivity index (χ3n) is 4.70. The molecule has 0 radical (unpaired) electrons. The summed E-state index contributed by atoms with van der Waals surface area (Å²) in [5, 5.41) is 0. The van der Waals surface area contributed by atoms with Crippen LogP contribution in [0.15, 0.2) is 0 Å². The molecule has 0 unspecified atom stereocenters. The predicted octanol–water partition coefficient (Wildman–Crippen LogP) is 5.44. The lowest BCUT2D eigenvalue weighted by Gasteiger charge is -2.03. The second kappa shape index (κ2) is 21.4. The van der Waals surface area contributed by atoms with Crippen molar-refractivity contribution in [2.24, 2.45) is 0 Å². The zero-order valence-electron chi connectivity index (χ0n) is 15.8. The van der Waals surface area contributed by atoms with Crippen molar-refractivity contribution in [3.05, 3.63) is 0 Å². The van der Waals surface area contributed by atoms with Crippen LogP contribution < -0.4 is 0 Å². The second-order valence-corrected chi connectivity index (χ2v) is 10.4. The summed E-state index contributed by atoms with van der Waals surface area (Å²) in [5.74, 6) is 0. The fourth-order valence-electron chi connectivity index (χ4n) is 3.15. The fourth-order valence-corrected chi connectivity index (χ4v) is 4.86. The van der Waals surface area contributed by atoms with Gasteiger partial charge in [0, 0.05) is 0 Å². The van der Waals surface area contributed by atoms with Gasteiger partial charge in [0.15, 0.2) is 0 Å². The van der Waals surface area contributed by atoms with Gasteiger partial charge in [0.2, 0.25) is 0 Å². The molecule has 3 heteroatoms. The van der Waals surface area contributed by atoms with E-state index in [1.807, 2.05) is 0 Å². The topological polar surface area (TPSA) is 9.23 Å². The van der Waals surface area contributed by atoms with Gasteiger partial charge < -0.3 is 4.12 Å². The van der Waals surface area contributed by atoms with E-state index in [9.17, 15) is 0 Å². The minimum Gasteiger partial charge on any atom is -0.468 e. The van der Waals surface area contributed by atoms with Crippen LogP contribution in [0.4, 0.5) is 0 Å². The first-order chi connectivity index (χ1) is 10.9. The average Bonchev–Trinajstić information content (AvgIpc) is 2.54. The normalized spacial score (nSPS) is 11.9. The Labute approximate surface area is 146 Å². The van der Waals surface area contributed by atoms with Crippen LogP contribution in [0.2, 0.25) is 6.04 Å². The van der Waals surface area contributed by atoms with Crippen LogP contribution in [0.3, 0.4) is 0 Å². The zero-order valence-corrected chi connectivity index (χ0v) is 19.3. The van der Waals surface area contributed by atoms with Crippen LogP contribution in [0.25, 0.3) is 0 Å². The summed E-state index contributed by atoms with van der Waals surface area (Å²) in [6.45, 7) is 2.30. The first-order valence-electron chi connectivity index (χ1n) is 10.4. The zero-order chi connectivity index (χ0) is 16.1. The van der Waals surface area contributed by atoms with Gasteiger partial charge in [0.1, 0.15) is 20.2 Å². The highest BCUT2D eigenvalue weighted by molar-refractivity contribution is 6.34. The van der Waals surface area contributed by atoms with E-state index in [1.54, 1.807) is 0 Å². The van der Waals surface area contributed by atoms with Gasteiger partial charge in [-0.1, -0.05) is 116 Å². The molecule has 0 aromatic heterocycles. The molecule has 0 saturated carbocycles. The fraction of sp³-hybridized carbons (Fsp3) is 1.00. The van der Waals surface area contributed by atoms with Gasteiger partial charge in [-0.15, -0.1) is 0 Å². The van der Waals surface area contributed by atoms with Crippen LogP contribution in [-0.4, -0.2) is 20.2 Å². The average molecular weight is 345 g/mol. The summed E-state index contributed by atoms with van der Waals surface area (Å²) in [4.78, 5) is 0. The third kappa shape index (κ3) is 20.4. The van der Waals surface area contributed by atoms with E-state index in [0.29, 0.717) is 0 Å². The van der Waals surface area contributed by atoms with Crippen molar-refractivity contribution in [3.63, 3.8) is 0 Å². The van der Waals surface area contributed by atoms with Gasteiger partial charge in [0.25, 0.3) is 0 Å². The summed E-state index contributed by atoms with van der Waals surface area (Å²) >= 11 is 0. The Balaban J connectivity index is 2.91. The Morgan fingerprint density at radius 2 is 0.864 bits per heavy atom. The summed E-state index contributed by atoms with van der Waals surface area (Å²) in [6, 6.07) is 1.42. The summed E-state index contributed by atoms with van der Waals surface area (Å²) < 4.78 is 5.35. The molecule has 134 valence electrons. The van der Waals surface area contributed by atoms with Crippen LogP contribution in [-0.2, 0) is 4.12 Å². The standard InChI is InChI=1S/C19H44OSi2/c1-2-3-4-5-6-7-8-9-10-11-12-13-14-15-16-17-18-19-22-20-21/h2-19,22H2,1,21H3. The van der Waals surface area contributed by atoms with Crippen molar-refractivity contribution >= 4 is 20.2 Å². The van der Waals surface area contributed by atoms with Gasteiger partial charge in [0.05, 0.1) is 0 Å². The van der Waals surface area contributed by atoms with Crippen LogP contribution in [0.5, 0.6) is 0 Å². The highest BCUT2D eigenvalue weighted by atomic mass is 28.3. The van der Waals surface area contributed by atoms with Gasteiger partial charge in [-0.25, -0.2) is 0 Å². The number of hydrogen-bond donors (Lipinski definition) is 0. The summed E-state index contributed by atoms with van der Waals surface area (Å²) in [6.07, 6.45) is 24.9. The Morgan fingerprint density at radius 1 is 0.545 bits per heavy atom. The molecular weight excluding hydrogens is 300 g/mol. The maximum Gasteiger partial charge on any atom is 0.145 e. The minimum atomic E-state index is -0.0825. The highest BCUT2D eigenvalue weighted by Gasteiger charge is 1.95. The number of hydrogen-bond acceptors (Lipinski definition) is 1. The van der Waals surface area contributed by atoms with Crippen LogP contribution in [0, 0.1) is 0 Å². The van der Waals surface area contributed by atoms with Gasteiger partial charge in [-0.2, -0.15) is 0 Å². The Morgan fingerprint density at radius 3 is 1.18 bits per heavy atom. The molecule has 0 aliphatic heterocycles. The summed E-state index contributed by atoms with van der Waals surface area (Å²) in [5.41, 5.74) is 0. The van der Waals surface area contributed by atoms with Gasteiger partial charge in [-0.05, 0) is 6.04 Å². The molecule has 22 heavy (non-hydrogen) atoms. The molecule has 0 saturated heterocycles. The number of rotatable bonds is 19. The molecule has 0 amide bonds. The van der Waals surface area contributed by atoms with E-state index in [2.05, 4.69) is 6.92 Å². The Kier molecular flexibility index (Phi) is 21.8. The van der Waals surface area contributed by atoms with Gasteiger partial charge in [-0.3, -0.25) is 0 Å². The Bertz CT molecular complexity index is 168. The van der Waals surface area contributed by atoms with Crippen molar-refractivity contribution in [1.82, 2.24) is 0 Å². The minimum absolute atomic E-state index is 0.0825. The Hall–Kier alpha value is 0.394. The molecule has 0 aromatic rings. The van der Waals surface area contributed by atoms with Crippen molar-refractivity contribution in [2.45, 2.75) is 122 Å². The maximum atomic E-state index is 5.35. The quantitative estimate of drug-likeness (QED) is 0.224. The number of unbranched alkanes of at least 4 members (excludes halogenated alkanes) is 16. The van der Waals surface area contributed by atoms with E-state index < -0.39 is 0 Å². The molecule has 0 bridgehead atoms. The predicted molar refractivity (Wildman–Crippen MR) is 109 cm³/mol. The molecule has 0 rings (SSSR count). The van der Waals surface area contributed by atoms with Crippen LogP contribution >= 0.6 is 0 Å². The lowest BCUT2D eigenvalue weighted by Crippen LogP contribution is -1.93. The van der Waals surface area contributed by atoms with Crippen molar-refractivity contribution in [2.75, 3.05) is 0 Å². The van der Waals surface area contributed by atoms with Crippen molar-refractivity contribution < 1.29 is 4.12 Å². The van der Waals surface area contributed by atoms with Crippen molar-refractivity contribution in [3.8, 4) is 0 Å². The van der Waals surface area contributed by atoms with E-state index in [1.165, 1.54) is 115 Å². The van der Waals surface area contributed by atoms with E-state index >= 15 is 0 Å². The lowest BCUT2D eigenvalue weighted by molar-refractivity contribution is 0.528. The molecular formula is C19H44OSi2. The van der Waals surface area contributed by atoms with Gasteiger partial charge >= 0.3 is 0 Å². The third-order valence-corrected chi connectivity index (χ3v) is 7.12. The molecule has 0 aliphatic rings. The largest absolute Gasteiger partial charge is 0.468 e. The molecule has 0 aliphatic carbocycles. The SMILES string of the molecule is CCCCCCCCCCCCCCCCCCC[SiH2]O[SiH3]. The molecule has 1 nitrogen and oxygen atoms in total. The highest BCUT2D eigenvalue weighted by Crippen LogP contribution is 2.14. The molecule has 0 N–H and O–H groups in total. The van der Waals surface area contributed by atoms with Crippen molar-refractivity contribution in [1.29, 1.82) is 0 Å². The molecule has 0 spiro atoms. The summed E-state index contributed by atoms with van der Waals surface area (Å²) in [7, 11) is 0.889.